The number of halogens is 1. The SMILES string of the molecule is C#CCOc1ccc(Br)cc1[C@H](C[N+](=O)[O-])Sc1nnc(C)n1-c1ccccc1. The molecule has 3 aromatic rings. The van der Waals surface area contributed by atoms with Crippen LogP contribution in [0.25, 0.3) is 5.69 Å². The van der Waals surface area contributed by atoms with Crippen LogP contribution in [0.1, 0.15) is 16.6 Å². The fourth-order valence-corrected chi connectivity index (χ4v) is 4.35. The number of thioether (sulfide) groups is 1. The third-order valence-corrected chi connectivity index (χ3v) is 5.66. The first-order chi connectivity index (χ1) is 14.0. The second-order valence-corrected chi connectivity index (χ2v) is 8.08. The lowest BCUT2D eigenvalue weighted by Crippen LogP contribution is -2.12. The molecular formula is C20H17BrN4O3S. The first-order valence-corrected chi connectivity index (χ1v) is 10.3. The molecule has 0 bridgehead atoms. The fourth-order valence-electron chi connectivity index (χ4n) is 2.78. The summed E-state index contributed by atoms with van der Waals surface area (Å²) in [5, 5.41) is 19.8. The largest absolute Gasteiger partial charge is 0.481 e. The summed E-state index contributed by atoms with van der Waals surface area (Å²) in [5.74, 6) is 3.62. The molecule has 2 aromatic carbocycles. The molecule has 0 fully saturated rings. The molecule has 3 rings (SSSR count). The molecule has 1 aromatic heterocycles. The van der Waals surface area contributed by atoms with Crippen molar-refractivity contribution >= 4 is 27.7 Å². The van der Waals surface area contributed by atoms with Crippen molar-refractivity contribution in [3.63, 3.8) is 0 Å². The molecule has 0 saturated carbocycles. The molecule has 0 amide bonds. The van der Waals surface area contributed by atoms with Crippen LogP contribution in [0.3, 0.4) is 0 Å². The van der Waals surface area contributed by atoms with Crippen molar-refractivity contribution in [2.75, 3.05) is 13.2 Å². The van der Waals surface area contributed by atoms with E-state index in [-0.39, 0.29) is 18.1 Å². The Morgan fingerprint density at radius 2 is 2.07 bits per heavy atom. The normalized spacial score (nSPS) is 11.6. The monoisotopic (exact) mass is 472 g/mol. The Morgan fingerprint density at radius 3 is 2.76 bits per heavy atom. The van der Waals surface area contributed by atoms with Gasteiger partial charge in [0.1, 0.15) is 23.4 Å². The number of hydrogen-bond donors (Lipinski definition) is 0. The standard InChI is InChI=1S/C20H17BrN4O3S/c1-3-11-28-18-10-9-15(21)12-17(18)19(13-24(26)27)29-20-23-22-14(2)25(20)16-7-5-4-6-8-16/h1,4-10,12,19H,11,13H2,2H3/t19-/m0/s1. The van der Waals surface area contributed by atoms with E-state index in [0.717, 1.165) is 10.2 Å². The van der Waals surface area contributed by atoms with Crippen molar-refractivity contribution < 1.29 is 9.66 Å². The van der Waals surface area contributed by atoms with E-state index in [2.05, 4.69) is 32.0 Å². The van der Waals surface area contributed by atoms with Gasteiger partial charge in [0, 0.05) is 20.6 Å². The number of benzene rings is 2. The Hall–Kier alpha value is -2.83. The van der Waals surface area contributed by atoms with Crippen LogP contribution in [0.15, 0.2) is 58.2 Å². The molecule has 29 heavy (non-hydrogen) atoms. The van der Waals surface area contributed by atoms with E-state index < -0.39 is 5.25 Å². The molecule has 0 spiro atoms. The van der Waals surface area contributed by atoms with Crippen molar-refractivity contribution in [3.8, 4) is 23.8 Å². The van der Waals surface area contributed by atoms with Gasteiger partial charge in [0.25, 0.3) is 0 Å². The van der Waals surface area contributed by atoms with Crippen molar-refractivity contribution in [3.05, 3.63) is 74.5 Å². The molecule has 7 nitrogen and oxygen atoms in total. The minimum absolute atomic E-state index is 0.0732. The summed E-state index contributed by atoms with van der Waals surface area (Å²) in [5.41, 5.74) is 1.55. The van der Waals surface area contributed by atoms with E-state index in [1.165, 1.54) is 11.8 Å². The average molecular weight is 473 g/mol. The number of terminal acetylenes is 1. The maximum atomic E-state index is 11.4. The molecule has 0 radical (unpaired) electrons. The minimum Gasteiger partial charge on any atom is -0.481 e. The lowest BCUT2D eigenvalue weighted by molar-refractivity contribution is -0.479. The van der Waals surface area contributed by atoms with Crippen LogP contribution >= 0.6 is 27.7 Å². The highest BCUT2D eigenvalue weighted by atomic mass is 79.9. The Morgan fingerprint density at radius 1 is 1.31 bits per heavy atom. The van der Waals surface area contributed by atoms with Gasteiger partial charge in [0.05, 0.1) is 0 Å². The van der Waals surface area contributed by atoms with Crippen molar-refractivity contribution in [1.29, 1.82) is 0 Å². The molecule has 0 aliphatic carbocycles. The van der Waals surface area contributed by atoms with Crippen LogP contribution in [-0.4, -0.2) is 32.8 Å². The predicted octanol–water partition coefficient (Wildman–Crippen LogP) is 4.46. The van der Waals surface area contributed by atoms with Gasteiger partial charge in [0.15, 0.2) is 5.16 Å². The number of ether oxygens (including phenoxy) is 1. The van der Waals surface area contributed by atoms with Gasteiger partial charge in [0.2, 0.25) is 6.54 Å². The molecule has 0 aliphatic rings. The van der Waals surface area contributed by atoms with Crippen LogP contribution < -0.4 is 4.74 Å². The zero-order valence-electron chi connectivity index (χ0n) is 15.5. The summed E-state index contributed by atoms with van der Waals surface area (Å²) < 4.78 is 8.29. The van der Waals surface area contributed by atoms with Crippen molar-refractivity contribution in [2.24, 2.45) is 0 Å². The highest BCUT2D eigenvalue weighted by Crippen LogP contribution is 2.41. The van der Waals surface area contributed by atoms with Crippen LogP contribution in [0, 0.1) is 29.4 Å². The van der Waals surface area contributed by atoms with E-state index in [1.807, 2.05) is 47.9 Å². The molecule has 9 heteroatoms. The van der Waals surface area contributed by atoms with Gasteiger partial charge in [-0.25, -0.2) is 0 Å². The maximum absolute atomic E-state index is 11.4. The number of rotatable bonds is 8. The number of aromatic nitrogens is 3. The number of aryl methyl sites for hydroxylation is 1. The zero-order chi connectivity index (χ0) is 20.8. The average Bonchev–Trinajstić information content (AvgIpc) is 3.07. The lowest BCUT2D eigenvalue weighted by atomic mass is 10.1. The van der Waals surface area contributed by atoms with E-state index in [9.17, 15) is 10.1 Å². The molecule has 0 N–H and O–H groups in total. The third kappa shape index (κ3) is 5.16. The molecular weight excluding hydrogens is 456 g/mol. The number of nitrogens with zero attached hydrogens (tertiary/aromatic N) is 4. The van der Waals surface area contributed by atoms with Crippen LogP contribution in [0.4, 0.5) is 0 Å². The summed E-state index contributed by atoms with van der Waals surface area (Å²) in [6.45, 7) is 1.60. The first kappa shape index (κ1) is 20.9. The van der Waals surface area contributed by atoms with Gasteiger partial charge in [-0.15, -0.1) is 16.6 Å². The van der Waals surface area contributed by atoms with Gasteiger partial charge < -0.3 is 4.74 Å². The Labute approximate surface area is 180 Å². The van der Waals surface area contributed by atoms with Gasteiger partial charge in [-0.3, -0.25) is 14.7 Å². The number of para-hydroxylation sites is 1. The topological polar surface area (TPSA) is 83.1 Å². The van der Waals surface area contributed by atoms with Gasteiger partial charge in [-0.1, -0.05) is 51.8 Å². The maximum Gasteiger partial charge on any atom is 0.220 e. The van der Waals surface area contributed by atoms with E-state index >= 15 is 0 Å². The summed E-state index contributed by atoms with van der Waals surface area (Å²) in [6, 6.07) is 15.0. The third-order valence-electron chi connectivity index (χ3n) is 4.00. The summed E-state index contributed by atoms with van der Waals surface area (Å²) in [7, 11) is 0. The van der Waals surface area contributed by atoms with Gasteiger partial charge >= 0.3 is 0 Å². The lowest BCUT2D eigenvalue weighted by Gasteiger charge is -2.17. The highest BCUT2D eigenvalue weighted by molar-refractivity contribution is 9.10. The quantitative estimate of drug-likeness (QED) is 0.208. The minimum atomic E-state index is -0.554. The number of nitro groups is 1. The summed E-state index contributed by atoms with van der Waals surface area (Å²) >= 11 is 4.70. The van der Waals surface area contributed by atoms with E-state index in [0.29, 0.717) is 22.3 Å². The molecule has 148 valence electrons. The van der Waals surface area contributed by atoms with Crippen molar-refractivity contribution in [1.82, 2.24) is 14.8 Å². The molecule has 1 atom stereocenters. The second kappa shape index (κ2) is 9.58. The van der Waals surface area contributed by atoms with Crippen LogP contribution in [0.5, 0.6) is 5.75 Å². The summed E-state index contributed by atoms with van der Waals surface area (Å²) in [4.78, 5) is 11.1. The van der Waals surface area contributed by atoms with Crippen molar-refractivity contribution in [2.45, 2.75) is 17.3 Å². The van der Waals surface area contributed by atoms with Gasteiger partial charge in [-0.2, -0.15) is 0 Å². The Bertz CT molecular complexity index is 1050. The summed E-state index contributed by atoms with van der Waals surface area (Å²) in [6.07, 6.45) is 5.30. The van der Waals surface area contributed by atoms with Crippen LogP contribution in [0.2, 0.25) is 0 Å². The van der Waals surface area contributed by atoms with Crippen LogP contribution in [-0.2, 0) is 0 Å². The molecule has 0 aliphatic heterocycles. The smallest absolute Gasteiger partial charge is 0.220 e. The van der Waals surface area contributed by atoms with E-state index in [1.54, 1.807) is 12.1 Å². The Balaban J connectivity index is 2.02. The number of hydrogen-bond acceptors (Lipinski definition) is 6. The second-order valence-electron chi connectivity index (χ2n) is 6.00. The first-order valence-electron chi connectivity index (χ1n) is 8.61. The predicted molar refractivity (Wildman–Crippen MR) is 115 cm³/mol. The van der Waals surface area contributed by atoms with E-state index in [4.69, 9.17) is 11.2 Å². The molecule has 0 saturated heterocycles. The Kier molecular flexibility index (Phi) is 6.90. The van der Waals surface area contributed by atoms with Gasteiger partial charge in [-0.05, 0) is 37.3 Å². The molecule has 0 unspecified atom stereocenters. The fraction of sp³-hybridized carbons (Fsp3) is 0.200. The highest BCUT2D eigenvalue weighted by Gasteiger charge is 2.26. The molecule has 1 heterocycles. The zero-order valence-corrected chi connectivity index (χ0v) is 17.9.